The predicted octanol–water partition coefficient (Wildman–Crippen LogP) is -0.132. The zero-order valence-electron chi connectivity index (χ0n) is 8.22. The molecular formula is C7H12N4O2S. The number of hydrogen-bond donors (Lipinski definition) is 1. The molecule has 0 spiro atoms. The molecular weight excluding hydrogens is 204 g/mol. The van der Waals surface area contributed by atoms with E-state index in [1.54, 1.807) is 6.92 Å². The fourth-order valence-electron chi connectivity index (χ4n) is 0.897. The molecule has 0 bridgehead atoms. The molecule has 0 saturated heterocycles. The van der Waals surface area contributed by atoms with E-state index in [9.17, 15) is 8.42 Å². The first-order chi connectivity index (χ1) is 6.30. The number of nitrogens with zero attached hydrogens (tertiary/aromatic N) is 3. The van der Waals surface area contributed by atoms with Gasteiger partial charge in [-0.25, -0.2) is 13.4 Å². The second-order valence-corrected chi connectivity index (χ2v) is 5.44. The first-order valence-electron chi connectivity index (χ1n) is 3.97. The Hall–Kier alpha value is -1.24. The number of aromatic nitrogens is 3. The van der Waals surface area contributed by atoms with Crippen LogP contribution in [0.25, 0.3) is 0 Å². The lowest BCUT2D eigenvalue weighted by molar-refractivity contribution is 0.588. The van der Waals surface area contributed by atoms with E-state index in [1.807, 2.05) is 0 Å². The van der Waals surface area contributed by atoms with Crippen molar-refractivity contribution >= 4 is 15.8 Å². The summed E-state index contributed by atoms with van der Waals surface area (Å²) >= 11 is 0. The van der Waals surface area contributed by atoms with Crippen molar-refractivity contribution in [2.45, 2.75) is 19.1 Å². The van der Waals surface area contributed by atoms with Crippen molar-refractivity contribution in [1.82, 2.24) is 15.0 Å². The van der Waals surface area contributed by atoms with Crippen LogP contribution in [0.2, 0.25) is 0 Å². The van der Waals surface area contributed by atoms with Crippen molar-refractivity contribution < 1.29 is 8.42 Å². The van der Waals surface area contributed by atoms with Crippen LogP contribution in [0.1, 0.15) is 23.8 Å². The Balaban J connectivity index is 3.20. The molecule has 1 aromatic rings. The molecule has 0 aliphatic rings. The number of anilines is 1. The van der Waals surface area contributed by atoms with Crippen LogP contribution in [0.3, 0.4) is 0 Å². The topological polar surface area (TPSA) is 98.8 Å². The van der Waals surface area contributed by atoms with Gasteiger partial charge in [-0.1, -0.05) is 0 Å². The summed E-state index contributed by atoms with van der Waals surface area (Å²) in [5, 5.41) is -0.758. The Morgan fingerprint density at radius 3 is 2.29 bits per heavy atom. The average molecular weight is 216 g/mol. The molecule has 78 valence electrons. The van der Waals surface area contributed by atoms with Gasteiger partial charge in [-0.15, -0.1) is 0 Å². The molecule has 6 nitrogen and oxygen atoms in total. The van der Waals surface area contributed by atoms with E-state index < -0.39 is 15.1 Å². The molecule has 14 heavy (non-hydrogen) atoms. The fraction of sp³-hybridized carbons (Fsp3) is 0.571. The van der Waals surface area contributed by atoms with Crippen LogP contribution in [0, 0.1) is 6.92 Å². The Bertz CT molecular complexity index is 423. The van der Waals surface area contributed by atoms with Crippen LogP contribution in [-0.2, 0) is 9.84 Å². The standard InChI is InChI=1S/C7H12N4O2S/c1-4(14(3,12)13)6-9-5(2)10-7(8)11-6/h4H,1-3H3,(H2,8,9,10,11). The van der Waals surface area contributed by atoms with E-state index >= 15 is 0 Å². The zero-order valence-corrected chi connectivity index (χ0v) is 9.04. The molecule has 1 unspecified atom stereocenters. The van der Waals surface area contributed by atoms with E-state index in [4.69, 9.17) is 5.73 Å². The monoisotopic (exact) mass is 216 g/mol. The van der Waals surface area contributed by atoms with Crippen LogP contribution in [0.15, 0.2) is 0 Å². The van der Waals surface area contributed by atoms with Gasteiger partial charge in [0.1, 0.15) is 11.1 Å². The number of sulfone groups is 1. The number of hydrogen-bond acceptors (Lipinski definition) is 6. The molecule has 0 aliphatic heterocycles. The second-order valence-electron chi connectivity index (χ2n) is 3.07. The summed E-state index contributed by atoms with van der Waals surface area (Å²) in [6, 6.07) is 0. The van der Waals surface area contributed by atoms with E-state index in [-0.39, 0.29) is 11.8 Å². The third-order valence-electron chi connectivity index (χ3n) is 1.79. The van der Waals surface area contributed by atoms with Crippen molar-refractivity contribution in [3.05, 3.63) is 11.6 Å². The molecule has 1 atom stereocenters. The van der Waals surface area contributed by atoms with E-state index in [0.717, 1.165) is 6.26 Å². The summed E-state index contributed by atoms with van der Waals surface area (Å²) in [6.45, 7) is 3.15. The van der Waals surface area contributed by atoms with Gasteiger partial charge >= 0.3 is 0 Å². The van der Waals surface area contributed by atoms with Crippen molar-refractivity contribution in [2.75, 3.05) is 12.0 Å². The number of nitrogen functional groups attached to an aromatic ring is 1. The highest BCUT2D eigenvalue weighted by molar-refractivity contribution is 7.90. The Morgan fingerprint density at radius 1 is 1.29 bits per heavy atom. The summed E-state index contributed by atoms with van der Waals surface area (Å²) in [6.07, 6.45) is 1.13. The summed E-state index contributed by atoms with van der Waals surface area (Å²) in [7, 11) is -3.20. The van der Waals surface area contributed by atoms with Gasteiger partial charge in [0.2, 0.25) is 5.95 Å². The average Bonchev–Trinajstić information content (AvgIpc) is 1.99. The van der Waals surface area contributed by atoms with Crippen LogP contribution >= 0.6 is 0 Å². The van der Waals surface area contributed by atoms with Gasteiger partial charge in [0.25, 0.3) is 0 Å². The second kappa shape index (κ2) is 3.49. The Kier molecular flexibility index (Phi) is 2.70. The van der Waals surface area contributed by atoms with Gasteiger partial charge < -0.3 is 5.73 Å². The summed E-state index contributed by atoms with van der Waals surface area (Å²) in [5.41, 5.74) is 5.38. The predicted molar refractivity (Wildman–Crippen MR) is 52.2 cm³/mol. The molecule has 1 rings (SSSR count). The van der Waals surface area contributed by atoms with Crippen LogP contribution in [0.4, 0.5) is 5.95 Å². The minimum absolute atomic E-state index is 0.0444. The van der Waals surface area contributed by atoms with E-state index in [1.165, 1.54) is 6.92 Å². The quantitative estimate of drug-likeness (QED) is 0.739. The first-order valence-corrected chi connectivity index (χ1v) is 5.93. The number of aryl methyl sites for hydroxylation is 1. The maximum atomic E-state index is 11.2. The van der Waals surface area contributed by atoms with E-state index in [0.29, 0.717) is 5.82 Å². The Labute approximate surface area is 82.5 Å². The molecule has 1 heterocycles. The molecule has 0 aliphatic carbocycles. The highest BCUT2D eigenvalue weighted by Crippen LogP contribution is 2.16. The third-order valence-corrected chi connectivity index (χ3v) is 3.28. The van der Waals surface area contributed by atoms with Crippen LogP contribution in [0.5, 0.6) is 0 Å². The molecule has 0 aromatic carbocycles. The summed E-state index contributed by atoms with van der Waals surface area (Å²) < 4.78 is 22.4. The molecule has 0 amide bonds. The fourth-order valence-corrected chi connectivity index (χ4v) is 1.39. The van der Waals surface area contributed by atoms with Gasteiger partial charge in [0, 0.05) is 6.26 Å². The summed E-state index contributed by atoms with van der Waals surface area (Å²) in [5.74, 6) is 0.656. The number of rotatable bonds is 2. The van der Waals surface area contributed by atoms with Crippen molar-refractivity contribution in [1.29, 1.82) is 0 Å². The van der Waals surface area contributed by atoms with Crippen LogP contribution < -0.4 is 5.73 Å². The molecule has 0 fully saturated rings. The Morgan fingerprint density at radius 2 is 1.86 bits per heavy atom. The van der Waals surface area contributed by atoms with Gasteiger partial charge in [0.15, 0.2) is 15.7 Å². The van der Waals surface area contributed by atoms with Crippen molar-refractivity contribution in [2.24, 2.45) is 0 Å². The normalized spacial score (nSPS) is 13.9. The lowest BCUT2D eigenvalue weighted by Crippen LogP contribution is -2.14. The number of nitrogens with two attached hydrogens (primary N) is 1. The molecule has 7 heteroatoms. The van der Waals surface area contributed by atoms with Gasteiger partial charge in [-0.05, 0) is 13.8 Å². The van der Waals surface area contributed by atoms with Gasteiger partial charge in [-0.2, -0.15) is 9.97 Å². The van der Waals surface area contributed by atoms with Crippen molar-refractivity contribution in [3.8, 4) is 0 Å². The van der Waals surface area contributed by atoms with Gasteiger partial charge in [-0.3, -0.25) is 0 Å². The minimum Gasteiger partial charge on any atom is -0.368 e. The first kappa shape index (κ1) is 10.8. The lowest BCUT2D eigenvalue weighted by Gasteiger charge is -2.08. The highest BCUT2D eigenvalue weighted by Gasteiger charge is 2.20. The zero-order chi connectivity index (χ0) is 10.9. The molecule has 0 radical (unpaired) electrons. The van der Waals surface area contributed by atoms with Crippen LogP contribution in [-0.4, -0.2) is 29.6 Å². The summed E-state index contributed by atoms with van der Waals surface area (Å²) in [4.78, 5) is 11.5. The van der Waals surface area contributed by atoms with Crippen molar-refractivity contribution in [3.63, 3.8) is 0 Å². The molecule has 0 saturated carbocycles. The maximum Gasteiger partial charge on any atom is 0.223 e. The molecule has 1 aromatic heterocycles. The minimum atomic E-state index is -3.20. The SMILES string of the molecule is Cc1nc(N)nc(C(C)S(C)(=O)=O)n1. The van der Waals surface area contributed by atoms with Gasteiger partial charge in [0.05, 0.1) is 0 Å². The lowest BCUT2D eigenvalue weighted by atomic mass is 10.4. The van der Waals surface area contributed by atoms with E-state index in [2.05, 4.69) is 15.0 Å². The smallest absolute Gasteiger partial charge is 0.223 e. The molecule has 2 N–H and O–H groups in total. The maximum absolute atomic E-state index is 11.2. The third kappa shape index (κ3) is 2.38. The largest absolute Gasteiger partial charge is 0.368 e. The highest BCUT2D eigenvalue weighted by atomic mass is 32.2.